The van der Waals surface area contributed by atoms with Crippen molar-refractivity contribution in [1.29, 1.82) is 0 Å². The fourth-order valence-corrected chi connectivity index (χ4v) is 4.84. The van der Waals surface area contributed by atoms with E-state index in [2.05, 4.69) is 150 Å². The maximum Gasteiger partial charge on any atom is -0.870 e. The molecule has 6 rings (SSSR count). The van der Waals surface area contributed by atoms with Crippen molar-refractivity contribution in [2.24, 2.45) is 15.7 Å². The molecule has 6 heterocycles. The predicted molar refractivity (Wildman–Crippen MR) is 342 cm³/mol. The Hall–Kier alpha value is -4.65. The van der Waals surface area contributed by atoms with Crippen LogP contribution in [0.25, 0.3) is 0 Å². The van der Waals surface area contributed by atoms with Crippen molar-refractivity contribution >= 4 is 206 Å². The Labute approximate surface area is 611 Å². The summed E-state index contributed by atoms with van der Waals surface area (Å²) in [5.41, 5.74) is 33.5. The quantitative estimate of drug-likeness (QED) is 0.0160. The van der Waals surface area contributed by atoms with Crippen LogP contribution in [-0.4, -0.2) is 169 Å². The Morgan fingerprint density at radius 2 is 0.889 bits per heavy atom. The monoisotopic (exact) mass is 1490 g/mol. The van der Waals surface area contributed by atoms with E-state index in [0.717, 1.165) is 19.4 Å². The summed E-state index contributed by atoms with van der Waals surface area (Å²) < 4.78 is 60.2. The summed E-state index contributed by atoms with van der Waals surface area (Å²) in [6.07, 6.45) is 0. The number of carboxylic acids is 1. The van der Waals surface area contributed by atoms with Crippen molar-refractivity contribution in [2.45, 2.75) is 35.7 Å². The summed E-state index contributed by atoms with van der Waals surface area (Å²) in [7, 11) is -8.51. The summed E-state index contributed by atoms with van der Waals surface area (Å²) >= 11 is 27.0. The van der Waals surface area contributed by atoms with Crippen molar-refractivity contribution in [3.63, 3.8) is 0 Å². The number of carbonyl (C=O) groups is 1. The van der Waals surface area contributed by atoms with E-state index in [1.54, 1.807) is 0 Å². The number of aromatic amines is 7. The molecule has 57 heteroatoms. The molecule has 0 saturated carbocycles. The predicted octanol–water partition coefficient (Wildman–Crippen LogP) is -10.5. The Morgan fingerprint density at radius 1 is 0.611 bits per heavy atom. The summed E-state index contributed by atoms with van der Waals surface area (Å²) in [6.45, 7) is 1.08. The Morgan fingerprint density at radius 3 is 1.09 bits per heavy atom. The van der Waals surface area contributed by atoms with E-state index in [4.69, 9.17) is 82.1 Å². The number of carboxylic acid groups (broad SMARTS) is 1. The number of aliphatic hydroxyl groups is 1. The normalized spacial score (nSPS) is 8.80. The molecule has 0 aliphatic carbocycles. The van der Waals surface area contributed by atoms with Crippen LogP contribution in [-0.2, 0) is 66.4 Å². The molecule has 44 nitrogen and oxygen atoms in total. The number of H-pyrrole nitrogens is 7. The molecule has 0 radical (unpaired) electrons. The van der Waals surface area contributed by atoms with Crippen LogP contribution in [0.1, 0.15) is 36.0 Å². The van der Waals surface area contributed by atoms with Gasteiger partial charge in [0.25, 0.3) is 49.4 Å². The number of thiol groups is 5. The fraction of sp³-hybridized carbons (Fsp3) is 0.242. The van der Waals surface area contributed by atoms with E-state index in [-0.39, 0.29) is 155 Å². The van der Waals surface area contributed by atoms with Crippen molar-refractivity contribution < 1.29 is 115 Å². The third kappa shape index (κ3) is 52.9. The van der Waals surface area contributed by atoms with Gasteiger partial charge in [-0.25, -0.2) is 24.9 Å². The summed E-state index contributed by atoms with van der Waals surface area (Å²) in [4.78, 5) is 137. The number of anilines is 7. The molecule has 90 heavy (non-hydrogen) atoms. The number of nitrogens with one attached hydrogen (secondary N) is 7. The van der Waals surface area contributed by atoms with Crippen LogP contribution in [0, 0.1) is 24.7 Å². The average molecular weight is 1490 g/mol. The summed E-state index contributed by atoms with van der Waals surface area (Å²) in [6, 6.07) is 3.69. The van der Waals surface area contributed by atoms with Gasteiger partial charge < -0.3 is 101 Å². The number of aliphatic carboxylic acids is 1. The van der Waals surface area contributed by atoms with Crippen LogP contribution in [0.15, 0.2) is 62.7 Å². The minimum atomic E-state index is -3.60. The van der Waals surface area contributed by atoms with E-state index in [9.17, 15) is 47.0 Å². The Bertz CT molecular complexity index is 3720. The number of nitrogens with zero attached hydrogens (tertiary/aromatic N) is 8. The van der Waals surface area contributed by atoms with Crippen molar-refractivity contribution in [3.05, 3.63) is 134 Å². The third-order valence-electron chi connectivity index (χ3n) is 6.83. The minimum absolute atomic E-state index is 0. The number of nitrogen functional groups attached to an aromatic ring is 7. The van der Waals surface area contributed by atoms with Gasteiger partial charge in [0.15, 0.2) is 28.2 Å². The third-order valence-corrected chi connectivity index (χ3v) is 10.2. The van der Waals surface area contributed by atoms with Crippen LogP contribution in [0.2, 0.25) is 0 Å². The molecule has 6 aromatic heterocycles. The first kappa shape index (κ1) is 104. The van der Waals surface area contributed by atoms with Gasteiger partial charge >= 0.3 is 121 Å². The number of rotatable bonds is 9. The zero-order chi connectivity index (χ0) is 68.0. The average Bonchev–Trinajstić information content (AvgIpc) is 3.43. The Balaban J connectivity index is -0.000000117. The van der Waals surface area contributed by atoms with Gasteiger partial charge in [0, 0.05) is 53.9 Å². The zero-order valence-electron chi connectivity index (χ0n) is 47.2. The standard InChI is InChI=1S/2C5H6N4O2S.C5H8N4OS.2C5H7N3OS.C4H5N3OS.C2H6O4S.C2H4O2.HNO2.4Na.O4S2.2H2O/c2*6-4-3(9-11)5(10)8-2(1-12)7-4;6-3-4(7)8-2(1-11)9-5(3)10;2*6-3-1-5(9)8-4(2-10)7-3;5-2-1-3(8)7-4(9)6-2;1-6-7(4,5)2-3;1-2(3)4;2-1-3;;;;;1-5(2)6(3)4;;/h2*12H,1H2,(H3,6,7,8,10);11H,1,6H2,(H3,7,8,9,10);2*1,10H,2H2,(H3,6,7,8,9);1H,(H4,5,6,7,8,9);3H,2H2,1H3;1H3,(H,3,4);(H,2,3);;;;;;2*1H2/q;;;;;;;;;;;2*+1;;;/p-2. The van der Waals surface area contributed by atoms with E-state index >= 15 is 0 Å². The van der Waals surface area contributed by atoms with Crippen LogP contribution in [0.3, 0.4) is 0 Å². The van der Waals surface area contributed by atoms with Crippen molar-refractivity contribution in [1.82, 2.24) is 59.8 Å². The topological polar surface area (TPSA) is 802 Å². The molecular weight excluding hydrogens is 1440 g/mol. The second-order valence-corrected chi connectivity index (χ2v) is 19.1. The van der Waals surface area contributed by atoms with E-state index < -0.39 is 57.2 Å². The molecular formula is C33H52N22Na4O22S9. The molecule has 0 fully saturated rings. The minimum Gasteiger partial charge on any atom is -0.870 e. The molecule has 0 aliphatic heterocycles. The van der Waals surface area contributed by atoms with Crippen molar-refractivity contribution in [3.8, 4) is 0 Å². The second kappa shape index (κ2) is 60.6. The van der Waals surface area contributed by atoms with Gasteiger partial charge in [0.05, 0.1) is 7.11 Å². The molecule has 0 unspecified atom stereocenters. The van der Waals surface area contributed by atoms with Crippen LogP contribution in [0.4, 0.5) is 52.0 Å². The maximum absolute atomic E-state index is 10.9. The van der Waals surface area contributed by atoms with Crippen LogP contribution < -0.4 is 133 Å². The van der Waals surface area contributed by atoms with Crippen molar-refractivity contribution in [2.75, 3.05) is 53.2 Å². The number of nitroso groups, excluding NO2 is 2. The fourth-order valence-electron chi connectivity index (χ4n) is 3.76. The molecule has 0 atom stereocenters. The summed E-state index contributed by atoms with van der Waals surface area (Å²) in [5, 5.41) is 29.2. The van der Waals surface area contributed by atoms with Gasteiger partial charge in [-0.05, 0) is 22.6 Å². The van der Waals surface area contributed by atoms with Gasteiger partial charge in [0.2, 0.25) is 11.4 Å². The molecule has 0 aliphatic rings. The number of aliphatic hydroxyl groups excluding tert-OH is 1. The molecule has 26 N–H and O–H groups in total. The van der Waals surface area contributed by atoms with Gasteiger partial charge in [-0.3, -0.25) is 42.7 Å². The van der Waals surface area contributed by atoms with Gasteiger partial charge in [-0.15, -0.1) is 15.2 Å². The molecule has 0 saturated heterocycles. The summed E-state index contributed by atoms with van der Waals surface area (Å²) in [5.74, 6) is 2.31. The van der Waals surface area contributed by atoms with Gasteiger partial charge in [-0.2, -0.15) is 88.4 Å². The molecule has 0 spiro atoms. The number of hydrogen-bond acceptors (Lipinski definition) is 41. The first-order valence-electron chi connectivity index (χ1n) is 21.2. The largest absolute Gasteiger partial charge is 0.870 e. The van der Waals surface area contributed by atoms with E-state index in [1.165, 1.54) is 61.8 Å². The SMILES string of the molecule is CC(=O)O.COS(=O)(=O)CO.Nc1cc(=O)[nH]c(=S)[nH]1.Nc1cc(=O)[nH]c(CS)n1.Nc1cc(=O)[nH]c(CS)n1.Nc1nc(CS)[nH]c(=O)c1N.Nc1nc(CS)[nH]c(=O)c1N=O.Nc1nc(CS)[nH]c(=O)c1N=O.O.O=N[O-].O=S(=O)=S(=O)=O.[Na+].[Na+].[Na][Na].[OH-]. The maximum atomic E-state index is 10.9. The first-order valence-corrected chi connectivity index (χ1v) is 37.0. The number of aromatic nitrogens is 12. The van der Waals surface area contributed by atoms with Crippen LogP contribution >= 0.6 is 75.4 Å². The molecule has 484 valence electrons. The second-order valence-electron chi connectivity index (χ2n) is 12.9. The van der Waals surface area contributed by atoms with E-state index in [0.29, 0.717) is 46.4 Å². The number of hydrogen-bond donors (Lipinski definition) is 21. The molecule has 0 amide bonds. The van der Waals surface area contributed by atoms with Gasteiger partial charge in [-0.1, -0.05) is 0 Å². The zero-order valence-corrected chi connectivity index (χ0v) is 62.9. The Kier molecular flexibility index (Phi) is 70.1. The molecule has 0 aromatic carbocycles. The first-order chi connectivity index (χ1) is 40.0. The van der Waals surface area contributed by atoms with Gasteiger partial charge in [0.1, 0.15) is 52.3 Å². The van der Waals surface area contributed by atoms with Crippen LogP contribution in [0.5, 0.6) is 0 Å². The van der Waals surface area contributed by atoms with E-state index in [1.807, 2.05) is 0 Å². The smallest absolute Gasteiger partial charge is 0.870 e. The number of nitrogens with two attached hydrogens (primary N) is 7. The molecule has 6 aromatic rings. The molecule has 0 bridgehead atoms.